The number of benzene rings is 3. The summed E-state index contributed by atoms with van der Waals surface area (Å²) in [6.45, 7) is 0.218. The average Bonchev–Trinajstić information content (AvgIpc) is 2.79. The summed E-state index contributed by atoms with van der Waals surface area (Å²) in [6.07, 6.45) is 1.28. The molecule has 1 amide bonds. The van der Waals surface area contributed by atoms with Gasteiger partial charge in [0.1, 0.15) is 12.4 Å². The number of halogens is 2. The second-order valence-electron chi connectivity index (χ2n) is 6.73. The lowest BCUT2D eigenvalue weighted by molar-refractivity contribution is -0.385. The molecule has 0 atom stereocenters. The van der Waals surface area contributed by atoms with Crippen LogP contribution in [0.2, 0.25) is 0 Å². The Kier molecular flexibility index (Phi) is 8.29. The maximum Gasteiger partial charge on any atom is 0.273 e. The van der Waals surface area contributed by atoms with Crippen molar-refractivity contribution < 1.29 is 14.5 Å². The first-order valence-electron chi connectivity index (χ1n) is 9.53. The monoisotopic (exact) mass is 570 g/mol. The molecule has 8 nitrogen and oxygen atoms in total. The molecule has 166 valence electrons. The lowest BCUT2D eigenvalue weighted by Gasteiger charge is -2.12. The SMILES string of the molecule is N#Cc1ccccc1COc1c(Br)cc(/C=N/NC(=O)Cc2ccccc2[N+](=O)[O-])cc1Br. The van der Waals surface area contributed by atoms with Crippen LogP contribution < -0.4 is 10.2 Å². The summed E-state index contributed by atoms with van der Waals surface area (Å²) in [5, 5.41) is 24.2. The van der Waals surface area contributed by atoms with E-state index in [9.17, 15) is 20.2 Å². The van der Waals surface area contributed by atoms with Gasteiger partial charge in [-0.3, -0.25) is 14.9 Å². The Morgan fingerprint density at radius 3 is 2.42 bits per heavy atom. The van der Waals surface area contributed by atoms with Gasteiger partial charge in [-0.25, -0.2) is 5.43 Å². The first-order valence-corrected chi connectivity index (χ1v) is 11.1. The summed E-state index contributed by atoms with van der Waals surface area (Å²) in [5.41, 5.74) is 4.55. The molecule has 10 heteroatoms. The zero-order valence-corrected chi connectivity index (χ0v) is 20.2. The fourth-order valence-corrected chi connectivity index (χ4v) is 4.38. The molecule has 0 aliphatic heterocycles. The number of hydrogen-bond donors (Lipinski definition) is 1. The van der Waals surface area contributed by atoms with E-state index in [-0.39, 0.29) is 18.7 Å². The molecule has 1 N–H and O–H groups in total. The first kappa shape index (κ1) is 24.1. The number of nitro benzene ring substituents is 1. The molecule has 0 unspecified atom stereocenters. The van der Waals surface area contributed by atoms with Gasteiger partial charge in [-0.2, -0.15) is 10.4 Å². The maximum atomic E-state index is 12.1. The second-order valence-corrected chi connectivity index (χ2v) is 8.44. The fourth-order valence-electron chi connectivity index (χ4n) is 2.93. The van der Waals surface area contributed by atoms with Crippen molar-refractivity contribution in [2.75, 3.05) is 0 Å². The normalized spacial score (nSPS) is 10.6. The Labute approximate surface area is 206 Å². The van der Waals surface area contributed by atoms with Crippen molar-refractivity contribution >= 4 is 49.7 Å². The summed E-state index contributed by atoms with van der Waals surface area (Å²) in [7, 11) is 0. The van der Waals surface area contributed by atoms with Crippen molar-refractivity contribution in [3.63, 3.8) is 0 Å². The van der Waals surface area contributed by atoms with Crippen molar-refractivity contribution in [3.8, 4) is 11.8 Å². The molecule has 0 fully saturated rings. The Morgan fingerprint density at radius 2 is 1.76 bits per heavy atom. The number of nitro groups is 1. The molecular weight excluding hydrogens is 556 g/mol. The van der Waals surface area contributed by atoms with Gasteiger partial charge in [-0.15, -0.1) is 0 Å². The van der Waals surface area contributed by atoms with E-state index in [0.29, 0.717) is 31.4 Å². The minimum absolute atomic E-state index is 0.113. The molecule has 0 aliphatic carbocycles. The van der Waals surface area contributed by atoms with E-state index in [2.05, 4.69) is 48.5 Å². The standard InChI is InChI=1S/C23H16Br2N4O4/c24-19-9-15(10-20(25)23(19)33-14-18-7-2-1-6-17(18)12-26)13-27-28-22(30)11-16-5-3-4-8-21(16)29(31)32/h1-10,13H,11,14H2,(H,28,30)/b27-13+. The van der Waals surface area contributed by atoms with E-state index < -0.39 is 10.8 Å². The van der Waals surface area contributed by atoms with Crippen molar-refractivity contribution in [2.24, 2.45) is 5.10 Å². The molecule has 0 radical (unpaired) electrons. The molecule has 3 aromatic rings. The topological polar surface area (TPSA) is 118 Å². The van der Waals surface area contributed by atoms with Crippen LogP contribution in [0, 0.1) is 21.4 Å². The van der Waals surface area contributed by atoms with E-state index in [4.69, 9.17) is 4.74 Å². The summed E-state index contributed by atoms with van der Waals surface area (Å²) < 4.78 is 7.18. The van der Waals surface area contributed by atoms with Crippen LogP contribution >= 0.6 is 31.9 Å². The zero-order valence-electron chi connectivity index (χ0n) is 17.0. The quantitative estimate of drug-likeness (QED) is 0.225. The summed E-state index contributed by atoms with van der Waals surface area (Å²) >= 11 is 6.92. The maximum absolute atomic E-state index is 12.1. The number of ether oxygens (including phenoxy) is 1. The lowest BCUT2D eigenvalue weighted by Crippen LogP contribution is -2.20. The van der Waals surface area contributed by atoms with Gasteiger partial charge in [0.2, 0.25) is 5.91 Å². The summed E-state index contributed by atoms with van der Waals surface area (Å²) in [5.74, 6) is 0.0788. The van der Waals surface area contributed by atoms with E-state index in [0.717, 1.165) is 5.56 Å². The van der Waals surface area contributed by atoms with Crippen LogP contribution in [0.5, 0.6) is 5.75 Å². The van der Waals surface area contributed by atoms with Crippen molar-refractivity contribution in [1.29, 1.82) is 5.26 Å². The van der Waals surface area contributed by atoms with Gasteiger partial charge < -0.3 is 4.74 Å². The van der Waals surface area contributed by atoms with Crippen molar-refractivity contribution in [2.45, 2.75) is 13.0 Å². The van der Waals surface area contributed by atoms with Gasteiger partial charge in [0.15, 0.2) is 0 Å². The van der Waals surface area contributed by atoms with Gasteiger partial charge in [-0.05, 0) is 55.6 Å². The van der Waals surface area contributed by atoms with Crippen LogP contribution in [0.3, 0.4) is 0 Å². The van der Waals surface area contributed by atoms with Crippen molar-refractivity contribution in [3.05, 3.63) is 102 Å². The zero-order chi connectivity index (χ0) is 23.8. The molecule has 0 aliphatic rings. The summed E-state index contributed by atoms with van der Waals surface area (Å²) in [6, 6.07) is 18.9. The average molecular weight is 572 g/mol. The first-order chi connectivity index (χ1) is 15.9. The summed E-state index contributed by atoms with van der Waals surface area (Å²) in [4.78, 5) is 22.7. The number of hydrogen-bond acceptors (Lipinski definition) is 6. The highest BCUT2D eigenvalue weighted by molar-refractivity contribution is 9.11. The van der Waals surface area contributed by atoms with Gasteiger partial charge in [0.25, 0.3) is 5.69 Å². The number of carbonyl (C=O) groups excluding carboxylic acids is 1. The second kappa shape index (κ2) is 11.4. The molecule has 33 heavy (non-hydrogen) atoms. The number of rotatable bonds is 8. The Balaban J connectivity index is 1.63. The molecular formula is C23H16Br2N4O4. The van der Waals surface area contributed by atoms with Crippen LogP contribution in [0.4, 0.5) is 5.69 Å². The van der Waals surface area contributed by atoms with Gasteiger partial charge in [0.05, 0.1) is 38.1 Å². The van der Waals surface area contributed by atoms with Gasteiger partial charge >= 0.3 is 0 Å². The van der Waals surface area contributed by atoms with Crippen LogP contribution in [-0.4, -0.2) is 17.0 Å². The Morgan fingerprint density at radius 1 is 1.12 bits per heavy atom. The van der Waals surface area contributed by atoms with Crippen LogP contribution in [-0.2, 0) is 17.8 Å². The van der Waals surface area contributed by atoms with Gasteiger partial charge in [-0.1, -0.05) is 36.4 Å². The lowest BCUT2D eigenvalue weighted by atomic mass is 10.1. The van der Waals surface area contributed by atoms with E-state index >= 15 is 0 Å². The van der Waals surface area contributed by atoms with Crippen LogP contribution in [0.1, 0.15) is 22.3 Å². The van der Waals surface area contributed by atoms with Crippen molar-refractivity contribution in [1.82, 2.24) is 5.43 Å². The third-order valence-electron chi connectivity index (χ3n) is 4.47. The minimum Gasteiger partial charge on any atom is -0.486 e. The molecule has 0 saturated carbocycles. The highest BCUT2D eigenvalue weighted by Gasteiger charge is 2.15. The number of nitrogens with zero attached hydrogens (tertiary/aromatic N) is 3. The minimum atomic E-state index is -0.524. The van der Waals surface area contributed by atoms with Gasteiger partial charge in [0, 0.05) is 17.2 Å². The number of hydrazone groups is 1. The number of amides is 1. The van der Waals surface area contributed by atoms with E-state index in [1.54, 1.807) is 36.4 Å². The number of carbonyl (C=O) groups is 1. The molecule has 0 bridgehead atoms. The predicted octanol–water partition coefficient (Wildman–Crippen LogP) is 5.26. The molecule has 3 aromatic carbocycles. The van der Waals surface area contributed by atoms with Crippen LogP contribution in [0.15, 0.2) is 74.7 Å². The fraction of sp³-hybridized carbons (Fsp3) is 0.0870. The highest BCUT2D eigenvalue weighted by atomic mass is 79.9. The van der Waals surface area contributed by atoms with E-state index in [1.165, 1.54) is 18.3 Å². The molecule has 3 rings (SSSR count). The Bertz CT molecular complexity index is 1250. The Hall–Kier alpha value is -3.55. The molecule has 0 heterocycles. The molecule has 0 aromatic heterocycles. The molecule has 0 saturated heterocycles. The predicted molar refractivity (Wildman–Crippen MR) is 130 cm³/mol. The van der Waals surface area contributed by atoms with Crippen LogP contribution in [0.25, 0.3) is 0 Å². The largest absolute Gasteiger partial charge is 0.486 e. The highest BCUT2D eigenvalue weighted by Crippen LogP contribution is 2.35. The number of nitriles is 1. The van der Waals surface area contributed by atoms with E-state index in [1.807, 2.05) is 12.1 Å². The number of para-hydroxylation sites is 1. The third-order valence-corrected chi connectivity index (χ3v) is 5.65. The number of nitrogens with one attached hydrogen (secondary N) is 1. The third kappa shape index (κ3) is 6.47. The smallest absolute Gasteiger partial charge is 0.273 e. The molecule has 0 spiro atoms.